The maximum atomic E-state index is 12.5. The van der Waals surface area contributed by atoms with Gasteiger partial charge in [-0.15, -0.1) is 0 Å². The van der Waals surface area contributed by atoms with Gasteiger partial charge in [-0.2, -0.15) is 11.8 Å². The summed E-state index contributed by atoms with van der Waals surface area (Å²) in [6, 6.07) is 4.54. The number of phenolic OH excluding ortho intramolecular Hbond substituents is 1. The Labute approximate surface area is 248 Å². The highest BCUT2D eigenvalue weighted by atomic mass is 32.2. The molecule has 228 valence electrons. The molecular formula is C29H39N5O7S. The summed E-state index contributed by atoms with van der Waals surface area (Å²) in [5.74, 6) is -0.958. The smallest absolute Gasteiger partial charge is 0.315 e. The van der Waals surface area contributed by atoms with Crippen LogP contribution in [0, 0.1) is 5.92 Å². The van der Waals surface area contributed by atoms with Crippen molar-refractivity contribution < 1.29 is 33.8 Å². The van der Waals surface area contributed by atoms with Crippen molar-refractivity contribution in [2.45, 2.75) is 62.3 Å². The second-order valence-electron chi connectivity index (χ2n) is 10.8. The molecule has 13 heteroatoms. The van der Waals surface area contributed by atoms with Gasteiger partial charge in [0.1, 0.15) is 5.75 Å². The van der Waals surface area contributed by atoms with E-state index in [1.54, 1.807) is 0 Å². The number of ketones is 2. The quantitative estimate of drug-likeness (QED) is 0.120. The molecule has 7 N–H and O–H groups in total. The zero-order valence-electron chi connectivity index (χ0n) is 23.5. The Hall–Kier alpha value is -3.58. The van der Waals surface area contributed by atoms with Gasteiger partial charge in [0.15, 0.2) is 18.1 Å². The lowest BCUT2D eigenvalue weighted by atomic mass is 9.93. The molecule has 4 unspecified atom stereocenters. The molecule has 42 heavy (non-hydrogen) atoms. The van der Waals surface area contributed by atoms with E-state index in [-0.39, 0.29) is 52.6 Å². The maximum absolute atomic E-state index is 12.5. The number of ether oxygens (including phenoxy) is 1. The molecule has 1 aliphatic carbocycles. The molecule has 12 nitrogen and oxygen atoms in total. The van der Waals surface area contributed by atoms with Crippen LogP contribution in [-0.4, -0.2) is 83.8 Å². The molecule has 1 aromatic carbocycles. The van der Waals surface area contributed by atoms with E-state index in [4.69, 9.17) is 10.5 Å². The van der Waals surface area contributed by atoms with Gasteiger partial charge in [0.2, 0.25) is 11.7 Å². The number of hydrogen-bond donors (Lipinski definition) is 6. The third-order valence-corrected chi connectivity index (χ3v) is 9.25. The minimum Gasteiger partial charge on any atom is -0.507 e. The van der Waals surface area contributed by atoms with Gasteiger partial charge in [0.05, 0.1) is 17.6 Å². The second kappa shape index (κ2) is 15.1. The van der Waals surface area contributed by atoms with Crippen molar-refractivity contribution in [1.82, 2.24) is 21.3 Å². The average Bonchev–Trinajstić information content (AvgIpc) is 3.52. The summed E-state index contributed by atoms with van der Waals surface area (Å²) in [6.07, 6.45) is 6.49. The zero-order chi connectivity index (χ0) is 30.1. The molecule has 2 heterocycles. The van der Waals surface area contributed by atoms with Crippen LogP contribution >= 0.6 is 11.8 Å². The summed E-state index contributed by atoms with van der Waals surface area (Å²) in [5.41, 5.74) is 5.86. The summed E-state index contributed by atoms with van der Waals surface area (Å²) in [5, 5.41) is 21.9. The number of Topliss-reactive ketones (excluding diaryl/α,β-unsaturated/α-hetero) is 1. The number of nitrogens with one attached hydrogen (secondary N) is 4. The zero-order valence-corrected chi connectivity index (χ0v) is 24.3. The van der Waals surface area contributed by atoms with Crippen LogP contribution in [0.3, 0.4) is 0 Å². The number of carbonyl (C=O) groups excluding carboxylic acids is 5. The van der Waals surface area contributed by atoms with E-state index >= 15 is 0 Å². The van der Waals surface area contributed by atoms with Crippen LogP contribution in [0.25, 0.3) is 0 Å². The summed E-state index contributed by atoms with van der Waals surface area (Å²) >= 11 is 1.88. The molecule has 3 aliphatic rings. The van der Waals surface area contributed by atoms with Gasteiger partial charge in [-0.05, 0) is 50.3 Å². The summed E-state index contributed by atoms with van der Waals surface area (Å²) in [4.78, 5) is 60.7. The molecule has 2 fully saturated rings. The number of fused-ring (bicyclic) bond motifs is 2. The lowest BCUT2D eigenvalue weighted by Gasteiger charge is -2.17. The molecular weight excluding hydrogens is 562 g/mol. The molecule has 0 spiro atoms. The number of aromatic hydroxyl groups is 1. The molecule has 0 radical (unpaired) electrons. The van der Waals surface area contributed by atoms with Crippen LogP contribution in [0.1, 0.15) is 65.7 Å². The molecule has 4 amide bonds. The van der Waals surface area contributed by atoms with Crippen LogP contribution in [0.15, 0.2) is 30.0 Å². The highest BCUT2D eigenvalue weighted by Crippen LogP contribution is 2.33. The average molecular weight is 602 g/mol. The van der Waals surface area contributed by atoms with E-state index < -0.39 is 24.1 Å². The first-order valence-electron chi connectivity index (χ1n) is 14.4. The third-order valence-electron chi connectivity index (χ3n) is 7.74. The fourth-order valence-electron chi connectivity index (χ4n) is 5.39. The van der Waals surface area contributed by atoms with Gasteiger partial charge in [-0.25, -0.2) is 4.79 Å². The summed E-state index contributed by atoms with van der Waals surface area (Å²) in [6.45, 7) is 0.961. The number of carbonyl (C=O) groups is 5. The minimum atomic E-state index is -0.563. The van der Waals surface area contributed by atoms with Crippen LogP contribution in [0.4, 0.5) is 4.79 Å². The van der Waals surface area contributed by atoms with Crippen LogP contribution in [0.5, 0.6) is 5.75 Å². The molecule has 4 rings (SSSR count). The van der Waals surface area contributed by atoms with Crippen molar-refractivity contribution in [3.05, 3.63) is 41.2 Å². The predicted molar refractivity (Wildman–Crippen MR) is 157 cm³/mol. The van der Waals surface area contributed by atoms with Gasteiger partial charge in [-0.3, -0.25) is 19.2 Å². The molecule has 0 bridgehead atoms. The van der Waals surface area contributed by atoms with E-state index in [1.807, 2.05) is 11.8 Å². The van der Waals surface area contributed by atoms with Gasteiger partial charge < -0.3 is 36.8 Å². The number of nitrogens with two attached hydrogens (primary N) is 1. The van der Waals surface area contributed by atoms with Crippen molar-refractivity contribution in [2.75, 3.05) is 32.0 Å². The largest absolute Gasteiger partial charge is 0.507 e. The van der Waals surface area contributed by atoms with E-state index in [2.05, 4.69) is 21.3 Å². The van der Waals surface area contributed by atoms with Crippen molar-refractivity contribution in [1.29, 1.82) is 0 Å². The van der Waals surface area contributed by atoms with Crippen molar-refractivity contribution in [3.8, 4) is 5.75 Å². The Morgan fingerprint density at radius 2 is 1.93 bits per heavy atom. The highest BCUT2D eigenvalue weighted by molar-refractivity contribution is 8.00. The number of rotatable bonds is 16. The molecule has 4 atom stereocenters. The van der Waals surface area contributed by atoms with E-state index in [1.165, 1.54) is 18.2 Å². The van der Waals surface area contributed by atoms with Gasteiger partial charge in [0, 0.05) is 42.2 Å². The number of urea groups is 1. The highest BCUT2D eigenvalue weighted by Gasteiger charge is 2.42. The Balaban J connectivity index is 1.03. The molecule has 1 aromatic rings. The Morgan fingerprint density at radius 1 is 1.10 bits per heavy atom. The summed E-state index contributed by atoms with van der Waals surface area (Å²) < 4.78 is 5.29. The molecule has 0 aromatic heterocycles. The van der Waals surface area contributed by atoms with Gasteiger partial charge >= 0.3 is 6.03 Å². The van der Waals surface area contributed by atoms with E-state index in [0.717, 1.165) is 43.9 Å². The first-order valence-corrected chi connectivity index (χ1v) is 15.5. The number of allylic oxidation sites excluding steroid dienone is 2. The van der Waals surface area contributed by atoms with Crippen molar-refractivity contribution >= 4 is 41.2 Å². The Kier molecular flexibility index (Phi) is 11.2. The normalized spacial score (nSPS) is 21.5. The SMILES string of the molecule is NCC(CCCCNC(=O)COC1=CC(=O)c2c(O)cccc2C1=O)CNC(=O)CCCCC1SCC2NC(=O)NC21. The number of benzene rings is 1. The van der Waals surface area contributed by atoms with Crippen LogP contribution in [-0.2, 0) is 14.3 Å². The monoisotopic (exact) mass is 601 g/mol. The van der Waals surface area contributed by atoms with Crippen LogP contribution in [0.2, 0.25) is 0 Å². The number of thioether (sulfide) groups is 1. The standard InChI is InChI=1S/C29H39N5O7S/c30-13-17(14-32-24(37)10-2-1-9-23-27-19(16-42-23)33-29(40)34-27)6-3-4-11-31-25(38)15-41-22-12-21(36)26-18(28(22)39)7-5-8-20(26)35/h5,7-8,12,17,19,23,27,35H,1-4,6,9-11,13-16,30H2,(H,31,38)(H,32,37)(H2,33,34,40). The third kappa shape index (κ3) is 8.25. The Morgan fingerprint density at radius 3 is 2.74 bits per heavy atom. The number of hydrogen-bond acceptors (Lipinski definition) is 9. The lowest BCUT2D eigenvalue weighted by molar-refractivity contribution is -0.124. The number of phenols is 1. The maximum Gasteiger partial charge on any atom is 0.315 e. The molecule has 2 aliphatic heterocycles. The number of unbranched alkanes of at least 4 members (excludes halogenated alkanes) is 2. The molecule has 0 saturated carbocycles. The second-order valence-corrected chi connectivity index (χ2v) is 12.1. The molecule has 2 saturated heterocycles. The van der Waals surface area contributed by atoms with Crippen LogP contribution < -0.4 is 27.0 Å². The topological polar surface area (TPSA) is 189 Å². The van der Waals surface area contributed by atoms with E-state index in [9.17, 15) is 29.1 Å². The predicted octanol–water partition coefficient (Wildman–Crippen LogP) is 1.38. The van der Waals surface area contributed by atoms with Crippen molar-refractivity contribution in [3.63, 3.8) is 0 Å². The fraction of sp³-hybridized carbons (Fsp3) is 0.552. The first-order chi connectivity index (χ1) is 20.3. The summed E-state index contributed by atoms with van der Waals surface area (Å²) in [7, 11) is 0. The lowest BCUT2D eigenvalue weighted by Crippen LogP contribution is -2.36. The number of amides is 4. The van der Waals surface area contributed by atoms with Gasteiger partial charge in [-0.1, -0.05) is 18.9 Å². The fourth-order valence-corrected chi connectivity index (χ4v) is 6.93. The van der Waals surface area contributed by atoms with Crippen molar-refractivity contribution in [2.24, 2.45) is 11.7 Å². The van der Waals surface area contributed by atoms with E-state index in [0.29, 0.717) is 37.7 Å². The first kappa shape index (κ1) is 31.4. The minimum absolute atomic E-state index is 0.0158. The Bertz CT molecular complexity index is 1220. The van der Waals surface area contributed by atoms with Gasteiger partial charge in [0.25, 0.3) is 5.91 Å².